The van der Waals surface area contributed by atoms with Crippen LogP contribution in [0.25, 0.3) is 0 Å². The molecule has 0 fully saturated rings. The van der Waals surface area contributed by atoms with Gasteiger partial charge in [-0.2, -0.15) is 8.42 Å². The van der Waals surface area contributed by atoms with Crippen molar-refractivity contribution in [3.8, 4) is 0 Å². The monoisotopic (exact) mass is 476 g/mol. The summed E-state index contributed by atoms with van der Waals surface area (Å²) in [6.07, 6.45) is 29.7. The summed E-state index contributed by atoms with van der Waals surface area (Å²) in [4.78, 5) is 0. The Labute approximate surface area is 201 Å². The van der Waals surface area contributed by atoms with Crippen LogP contribution in [-0.4, -0.2) is 19.6 Å². The highest BCUT2D eigenvalue weighted by Crippen LogP contribution is 2.21. The minimum atomic E-state index is -4.32. The Kier molecular flexibility index (Phi) is 23.9. The van der Waals surface area contributed by atoms with Gasteiger partial charge in [0.05, 0.1) is 6.61 Å². The van der Waals surface area contributed by atoms with Gasteiger partial charge in [0.25, 0.3) is 0 Å². The molecule has 0 saturated heterocycles. The van der Waals surface area contributed by atoms with E-state index < -0.39 is 10.4 Å². The predicted molar refractivity (Wildman–Crippen MR) is 139 cm³/mol. The van der Waals surface area contributed by atoms with Crippen molar-refractivity contribution in [3.63, 3.8) is 0 Å². The van der Waals surface area contributed by atoms with Crippen molar-refractivity contribution in [2.24, 2.45) is 5.92 Å². The first kappa shape index (κ1) is 31.9. The Hall–Kier alpha value is -0.130. The van der Waals surface area contributed by atoms with Gasteiger partial charge >= 0.3 is 10.4 Å². The maximum Gasteiger partial charge on any atom is 0.397 e. The molecule has 0 aromatic carbocycles. The average Bonchev–Trinajstić information content (AvgIpc) is 2.75. The van der Waals surface area contributed by atoms with Crippen molar-refractivity contribution in [2.45, 2.75) is 162 Å². The Bertz CT molecular complexity index is 464. The molecule has 194 valence electrons. The van der Waals surface area contributed by atoms with Crippen LogP contribution in [0, 0.1) is 5.92 Å². The maximum atomic E-state index is 10.9. The van der Waals surface area contributed by atoms with Crippen LogP contribution in [0.4, 0.5) is 0 Å². The molecule has 0 aromatic heterocycles. The second-order valence-corrected chi connectivity index (χ2v) is 11.0. The molecule has 0 aromatic rings. The molecular formula is C27H56O4S. The molecule has 0 rings (SSSR count). The largest absolute Gasteiger partial charge is 0.397 e. The molecule has 1 atom stereocenters. The molecule has 0 saturated carbocycles. The summed E-state index contributed by atoms with van der Waals surface area (Å²) in [5.41, 5.74) is 0. The first-order valence-electron chi connectivity index (χ1n) is 14.1. The number of unbranched alkanes of at least 4 members (excludes halogenated alkanes) is 19. The van der Waals surface area contributed by atoms with Crippen molar-refractivity contribution in [2.75, 3.05) is 6.61 Å². The van der Waals surface area contributed by atoms with Gasteiger partial charge in [0.2, 0.25) is 0 Å². The number of hydrogen-bond donors (Lipinski definition) is 1. The standard InChI is InChI=1S/C27H56O4S/c1-3-5-7-9-11-12-13-14-15-16-17-19-21-23-25-27(26-31-32(28,29)30)24-22-20-18-10-8-6-4-2/h27H,3-26H2,1-2H3,(H,28,29,30). The van der Waals surface area contributed by atoms with Crippen molar-refractivity contribution >= 4 is 10.4 Å². The fraction of sp³-hybridized carbons (Fsp3) is 1.00. The zero-order chi connectivity index (χ0) is 23.8. The van der Waals surface area contributed by atoms with Gasteiger partial charge in [-0.3, -0.25) is 4.55 Å². The lowest BCUT2D eigenvalue weighted by Crippen LogP contribution is -2.14. The molecule has 0 aliphatic rings. The van der Waals surface area contributed by atoms with Crippen LogP contribution < -0.4 is 0 Å². The van der Waals surface area contributed by atoms with Gasteiger partial charge in [-0.1, -0.05) is 149 Å². The summed E-state index contributed by atoms with van der Waals surface area (Å²) in [5, 5.41) is 0. The third kappa shape index (κ3) is 26.1. The zero-order valence-electron chi connectivity index (χ0n) is 21.6. The lowest BCUT2D eigenvalue weighted by Gasteiger charge is -2.16. The van der Waals surface area contributed by atoms with E-state index in [1.807, 2.05) is 0 Å². The van der Waals surface area contributed by atoms with E-state index >= 15 is 0 Å². The Morgan fingerprint density at radius 1 is 0.531 bits per heavy atom. The van der Waals surface area contributed by atoms with Crippen molar-refractivity contribution in [1.82, 2.24) is 0 Å². The van der Waals surface area contributed by atoms with Gasteiger partial charge in [-0.15, -0.1) is 0 Å². The molecule has 32 heavy (non-hydrogen) atoms. The molecule has 0 amide bonds. The van der Waals surface area contributed by atoms with Gasteiger partial charge in [0.1, 0.15) is 0 Å². The van der Waals surface area contributed by atoms with Gasteiger partial charge in [0, 0.05) is 0 Å². The highest BCUT2D eigenvalue weighted by atomic mass is 32.3. The SMILES string of the molecule is CCCCCCCCCCCCCCCCC(CCCCCCCCC)COS(=O)(=O)O. The Morgan fingerprint density at radius 3 is 1.09 bits per heavy atom. The fourth-order valence-corrected chi connectivity index (χ4v) is 4.88. The van der Waals surface area contributed by atoms with E-state index in [0.29, 0.717) is 0 Å². The van der Waals surface area contributed by atoms with Crippen LogP contribution in [0.2, 0.25) is 0 Å². The second kappa shape index (κ2) is 24.0. The highest BCUT2D eigenvalue weighted by Gasteiger charge is 2.13. The van der Waals surface area contributed by atoms with Crippen LogP contribution >= 0.6 is 0 Å². The van der Waals surface area contributed by atoms with E-state index in [4.69, 9.17) is 8.74 Å². The summed E-state index contributed by atoms with van der Waals surface area (Å²) in [5.74, 6) is 0.241. The van der Waals surface area contributed by atoms with Crippen molar-refractivity contribution in [3.05, 3.63) is 0 Å². The van der Waals surface area contributed by atoms with E-state index in [1.54, 1.807) is 0 Å². The number of hydrogen-bond acceptors (Lipinski definition) is 3. The molecule has 0 heterocycles. The van der Waals surface area contributed by atoms with Crippen molar-refractivity contribution < 1.29 is 17.2 Å². The third-order valence-electron chi connectivity index (χ3n) is 6.63. The topological polar surface area (TPSA) is 63.6 Å². The van der Waals surface area contributed by atoms with E-state index in [9.17, 15) is 8.42 Å². The molecule has 1 unspecified atom stereocenters. The smallest absolute Gasteiger partial charge is 0.264 e. The summed E-state index contributed by atoms with van der Waals surface area (Å²) >= 11 is 0. The average molecular weight is 477 g/mol. The van der Waals surface area contributed by atoms with Crippen LogP contribution in [0.15, 0.2) is 0 Å². The molecule has 4 nitrogen and oxygen atoms in total. The summed E-state index contributed by atoms with van der Waals surface area (Å²) in [7, 11) is -4.32. The summed E-state index contributed by atoms with van der Waals surface area (Å²) in [6.45, 7) is 4.64. The number of rotatable bonds is 26. The highest BCUT2D eigenvalue weighted by molar-refractivity contribution is 7.80. The zero-order valence-corrected chi connectivity index (χ0v) is 22.4. The maximum absolute atomic E-state index is 10.9. The fourth-order valence-electron chi connectivity index (χ4n) is 4.51. The van der Waals surface area contributed by atoms with Crippen LogP contribution in [0.5, 0.6) is 0 Å². The van der Waals surface area contributed by atoms with Crippen LogP contribution in [0.1, 0.15) is 162 Å². The van der Waals surface area contributed by atoms with E-state index in [0.717, 1.165) is 25.7 Å². The molecule has 0 spiro atoms. The molecule has 0 aliphatic heterocycles. The van der Waals surface area contributed by atoms with E-state index in [1.165, 1.54) is 122 Å². The lowest BCUT2D eigenvalue weighted by atomic mass is 9.94. The Morgan fingerprint density at radius 2 is 0.812 bits per heavy atom. The lowest BCUT2D eigenvalue weighted by molar-refractivity contribution is 0.204. The molecule has 1 N–H and O–H groups in total. The molecule has 0 radical (unpaired) electrons. The first-order valence-corrected chi connectivity index (χ1v) is 15.5. The minimum Gasteiger partial charge on any atom is -0.264 e. The van der Waals surface area contributed by atoms with Gasteiger partial charge in [-0.25, -0.2) is 4.18 Å². The van der Waals surface area contributed by atoms with Gasteiger partial charge in [0.15, 0.2) is 0 Å². The Balaban J connectivity index is 3.69. The first-order chi connectivity index (χ1) is 15.5. The summed E-state index contributed by atoms with van der Waals surface area (Å²) < 4.78 is 35.5. The molecule has 0 aliphatic carbocycles. The molecule has 5 heteroatoms. The van der Waals surface area contributed by atoms with E-state index in [2.05, 4.69) is 13.8 Å². The van der Waals surface area contributed by atoms with Crippen LogP contribution in [0.3, 0.4) is 0 Å². The predicted octanol–water partition coefficient (Wildman–Crippen LogP) is 9.43. The third-order valence-corrected chi connectivity index (χ3v) is 7.07. The minimum absolute atomic E-state index is 0.132. The molecular weight excluding hydrogens is 420 g/mol. The second-order valence-electron chi connectivity index (χ2n) is 9.87. The quantitative estimate of drug-likeness (QED) is 0.0997. The van der Waals surface area contributed by atoms with E-state index in [-0.39, 0.29) is 12.5 Å². The van der Waals surface area contributed by atoms with Gasteiger partial charge in [-0.05, 0) is 18.8 Å². The molecule has 0 bridgehead atoms. The van der Waals surface area contributed by atoms with Gasteiger partial charge < -0.3 is 0 Å². The van der Waals surface area contributed by atoms with Crippen LogP contribution in [-0.2, 0) is 14.6 Å². The van der Waals surface area contributed by atoms with Crippen molar-refractivity contribution in [1.29, 1.82) is 0 Å². The summed E-state index contributed by atoms with van der Waals surface area (Å²) in [6, 6.07) is 0. The normalized spacial score (nSPS) is 13.0.